The zero-order valence-corrected chi connectivity index (χ0v) is 12.8. The van der Waals surface area contributed by atoms with Gasteiger partial charge in [-0.25, -0.2) is 4.98 Å². The van der Waals surface area contributed by atoms with Crippen LogP contribution in [0.15, 0.2) is 35.7 Å². The minimum atomic E-state index is 0.262. The Morgan fingerprint density at radius 3 is 2.67 bits per heavy atom. The molecule has 0 aliphatic heterocycles. The van der Waals surface area contributed by atoms with E-state index in [0.29, 0.717) is 0 Å². The lowest BCUT2D eigenvalue weighted by Gasteiger charge is -2.07. The summed E-state index contributed by atoms with van der Waals surface area (Å²) in [6.07, 6.45) is 0. The third-order valence-electron chi connectivity index (χ3n) is 2.40. The molecule has 3 rings (SSSR count). The summed E-state index contributed by atoms with van der Waals surface area (Å²) >= 11 is 9.74. The van der Waals surface area contributed by atoms with Gasteiger partial charge in [0, 0.05) is 9.26 Å². The summed E-state index contributed by atoms with van der Waals surface area (Å²) in [6.45, 7) is 0. The first-order valence-corrected chi connectivity index (χ1v) is 7.49. The molecule has 1 N–H and O–H groups in total. The van der Waals surface area contributed by atoms with Crippen LogP contribution in [0.4, 0.5) is 11.5 Å². The fraction of sp³-hybridized carbons (Fsp3) is 0. The van der Waals surface area contributed by atoms with Crippen LogP contribution in [-0.2, 0) is 0 Å². The van der Waals surface area contributed by atoms with Crippen molar-refractivity contribution in [2.45, 2.75) is 0 Å². The number of nitrogens with one attached hydrogen (secondary N) is 1. The summed E-state index contributed by atoms with van der Waals surface area (Å²) < 4.78 is 1.19. The molecule has 0 saturated heterocycles. The molecule has 2 aromatic heterocycles. The zero-order chi connectivity index (χ0) is 12.5. The van der Waals surface area contributed by atoms with E-state index in [2.05, 4.69) is 37.9 Å². The summed E-state index contributed by atoms with van der Waals surface area (Å²) in [4.78, 5) is 9.31. The van der Waals surface area contributed by atoms with E-state index in [1.807, 2.05) is 35.7 Å². The third kappa shape index (κ3) is 2.43. The number of hydrogen-bond donors (Lipinski definition) is 1. The van der Waals surface area contributed by atoms with Crippen molar-refractivity contribution in [3.8, 4) is 0 Å². The van der Waals surface area contributed by atoms with E-state index in [-0.39, 0.29) is 5.28 Å². The molecule has 0 amide bonds. The molecule has 0 unspecified atom stereocenters. The van der Waals surface area contributed by atoms with Crippen LogP contribution in [0.3, 0.4) is 0 Å². The number of hydrogen-bond acceptors (Lipinski definition) is 4. The van der Waals surface area contributed by atoms with Crippen LogP contribution in [0.25, 0.3) is 10.2 Å². The molecule has 90 valence electrons. The van der Waals surface area contributed by atoms with Crippen molar-refractivity contribution < 1.29 is 0 Å². The molecule has 0 saturated carbocycles. The monoisotopic (exact) mass is 387 g/mol. The van der Waals surface area contributed by atoms with Crippen LogP contribution in [0.1, 0.15) is 0 Å². The summed E-state index contributed by atoms with van der Waals surface area (Å²) in [6, 6.07) is 10.1. The van der Waals surface area contributed by atoms with E-state index >= 15 is 0 Å². The second-order valence-electron chi connectivity index (χ2n) is 3.61. The Morgan fingerprint density at radius 1 is 1.11 bits per heavy atom. The molecule has 18 heavy (non-hydrogen) atoms. The van der Waals surface area contributed by atoms with Gasteiger partial charge in [0.1, 0.15) is 10.6 Å². The van der Waals surface area contributed by atoms with Crippen molar-refractivity contribution in [2.24, 2.45) is 0 Å². The predicted molar refractivity (Wildman–Crippen MR) is 84.9 cm³/mol. The number of halogens is 2. The van der Waals surface area contributed by atoms with Gasteiger partial charge in [-0.1, -0.05) is 0 Å². The quantitative estimate of drug-likeness (QED) is 0.512. The van der Waals surface area contributed by atoms with Crippen LogP contribution in [0.2, 0.25) is 5.28 Å². The highest BCUT2D eigenvalue weighted by Gasteiger charge is 2.07. The highest BCUT2D eigenvalue weighted by molar-refractivity contribution is 14.1. The van der Waals surface area contributed by atoms with Crippen molar-refractivity contribution in [3.63, 3.8) is 0 Å². The molecular weight excluding hydrogens is 381 g/mol. The second kappa shape index (κ2) is 4.99. The maximum absolute atomic E-state index is 5.92. The fourth-order valence-corrected chi connectivity index (χ4v) is 2.94. The summed E-state index contributed by atoms with van der Waals surface area (Å²) in [5, 5.41) is 6.50. The largest absolute Gasteiger partial charge is 0.340 e. The molecule has 1 aromatic carbocycles. The van der Waals surface area contributed by atoms with Crippen molar-refractivity contribution in [2.75, 3.05) is 5.32 Å². The molecular formula is C12H7ClIN3S. The number of fused-ring (bicyclic) bond motifs is 1. The predicted octanol–water partition coefficient (Wildman–Crippen LogP) is 4.69. The normalized spacial score (nSPS) is 10.8. The molecule has 2 heterocycles. The highest BCUT2D eigenvalue weighted by Crippen LogP contribution is 2.28. The van der Waals surface area contributed by atoms with Gasteiger partial charge in [0.05, 0.1) is 5.39 Å². The molecule has 3 nitrogen and oxygen atoms in total. The lowest BCUT2D eigenvalue weighted by molar-refractivity contribution is 1.23. The van der Waals surface area contributed by atoms with Gasteiger partial charge >= 0.3 is 0 Å². The van der Waals surface area contributed by atoms with E-state index in [1.165, 1.54) is 3.57 Å². The van der Waals surface area contributed by atoms with Gasteiger partial charge < -0.3 is 5.32 Å². The Morgan fingerprint density at radius 2 is 1.89 bits per heavy atom. The second-order valence-corrected chi connectivity index (χ2v) is 6.09. The number of nitrogens with zero attached hydrogens (tertiary/aromatic N) is 2. The molecule has 0 aliphatic carbocycles. The van der Waals surface area contributed by atoms with Gasteiger partial charge in [0.15, 0.2) is 0 Å². The first-order chi connectivity index (χ1) is 8.72. The SMILES string of the molecule is Clc1nc(Nc2ccc(I)cc2)c2ccsc2n1. The maximum atomic E-state index is 5.92. The van der Waals surface area contributed by atoms with Crippen LogP contribution >= 0.6 is 45.5 Å². The molecule has 0 fully saturated rings. The van der Waals surface area contributed by atoms with Crippen molar-refractivity contribution >= 4 is 67.3 Å². The van der Waals surface area contributed by atoms with E-state index < -0.39 is 0 Å². The topological polar surface area (TPSA) is 37.8 Å². The van der Waals surface area contributed by atoms with E-state index in [4.69, 9.17) is 11.6 Å². The molecule has 6 heteroatoms. The Hall–Kier alpha value is -0.920. The smallest absolute Gasteiger partial charge is 0.225 e. The van der Waals surface area contributed by atoms with E-state index in [9.17, 15) is 0 Å². The zero-order valence-electron chi connectivity index (χ0n) is 9.02. The Kier molecular flexibility index (Phi) is 3.36. The number of aromatic nitrogens is 2. The minimum Gasteiger partial charge on any atom is -0.340 e. The third-order valence-corrected chi connectivity index (χ3v) is 4.10. The highest BCUT2D eigenvalue weighted by atomic mass is 127. The molecule has 0 bridgehead atoms. The minimum absolute atomic E-state index is 0.262. The molecule has 3 aromatic rings. The van der Waals surface area contributed by atoms with Crippen molar-refractivity contribution in [1.82, 2.24) is 9.97 Å². The van der Waals surface area contributed by atoms with Gasteiger partial charge in [-0.05, 0) is 69.9 Å². The van der Waals surface area contributed by atoms with Crippen molar-refractivity contribution in [3.05, 3.63) is 44.6 Å². The Labute approximate surface area is 126 Å². The summed E-state index contributed by atoms with van der Waals surface area (Å²) in [5.41, 5.74) is 0.984. The first kappa shape index (κ1) is 12.1. The Balaban J connectivity index is 2.03. The van der Waals surface area contributed by atoms with Gasteiger partial charge in [-0.3, -0.25) is 0 Å². The van der Waals surface area contributed by atoms with Crippen molar-refractivity contribution in [1.29, 1.82) is 0 Å². The van der Waals surface area contributed by atoms with Gasteiger partial charge in [-0.15, -0.1) is 11.3 Å². The van der Waals surface area contributed by atoms with Crippen LogP contribution < -0.4 is 5.32 Å². The average molecular weight is 388 g/mol. The summed E-state index contributed by atoms with van der Waals surface area (Å²) in [5.74, 6) is 0.743. The average Bonchev–Trinajstić information content (AvgIpc) is 2.80. The van der Waals surface area contributed by atoms with Crippen LogP contribution in [0, 0.1) is 3.57 Å². The van der Waals surface area contributed by atoms with Crippen LogP contribution in [-0.4, -0.2) is 9.97 Å². The van der Waals surface area contributed by atoms with Gasteiger partial charge in [0.25, 0.3) is 0 Å². The molecule has 0 spiro atoms. The standard InChI is InChI=1S/C12H7ClIN3S/c13-12-16-10(9-5-6-18-11(9)17-12)15-8-3-1-7(14)2-4-8/h1-6H,(H,15,16,17). The van der Waals surface area contributed by atoms with Gasteiger partial charge in [0.2, 0.25) is 5.28 Å². The lowest BCUT2D eigenvalue weighted by atomic mass is 10.3. The maximum Gasteiger partial charge on any atom is 0.225 e. The Bertz CT molecular complexity index is 696. The molecule has 0 atom stereocenters. The fourth-order valence-electron chi connectivity index (χ4n) is 1.59. The first-order valence-electron chi connectivity index (χ1n) is 5.16. The van der Waals surface area contributed by atoms with E-state index in [0.717, 1.165) is 21.7 Å². The van der Waals surface area contributed by atoms with Gasteiger partial charge in [-0.2, -0.15) is 4.98 Å². The molecule has 0 aliphatic rings. The lowest BCUT2D eigenvalue weighted by Crippen LogP contribution is -1.95. The number of rotatable bonds is 2. The number of anilines is 2. The number of benzene rings is 1. The van der Waals surface area contributed by atoms with Crippen LogP contribution in [0.5, 0.6) is 0 Å². The summed E-state index contributed by atoms with van der Waals surface area (Å²) in [7, 11) is 0. The number of thiophene rings is 1. The van der Waals surface area contributed by atoms with E-state index in [1.54, 1.807) is 11.3 Å². The molecule has 0 radical (unpaired) electrons.